The van der Waals surface area contributed by atoms with Crippen LogP contribution in [0.3, 0.4) is 0 Å². The van der Waals surface area contributed by atoms with E-state index in [0.717, 1.165) is 22.4 Å². The maximum absolute atomic E-state index is 12.2. The smallest absolute Gasteiger partial charge is 0.224 e. The van der Waals surface area contributed by atoms with Crippen molar-refractivity contribution in [3.63, 3.8) is 0 Å². The molecule has 22 heavy (non-hydrogen) atoms. The summed E-state index contributed by atoms with van der Waals surface area (Å²) in [4.78, 5) is 12.2. The Morgan fingerprint density at radius 2 is 1.64 bits per heavy atom. The summed E-state index contributed by atoms with van der Waals surface area (Å²) in [6.45, 7) is 6.07. The SMILES string of the molecule is Cc1cc(C)c(NC(=O)CCc2ccc(Cl)c(Cl)c2)c(C)c1. The first kappa shape index (κ1) is 16.9. The largest absolute Gasteiger partial charge is 0.326 e. The topological polar surface area (TPSA) is 29.1 Å². The average molecular weight is 336 g/mol. The van der Waals surface area contributed by atoms with Crippen molar-refractivity contribution in [2.24, 2.45) is 0 Å². The number of anilines is 1. The van der Waals surface area contributed by atoms with Crippen LogP contribution in [0.25, 0.3) is 0 Å². The van der Waals surface area contributed by atoms with Crippen molar-refractivity contribution in [3.8, 4) is 0 Å². The third-order valence-electron chi connectivity index (χ3n) is 3.57. The van der Waals surface area contributed by atoms with E-state index in [1.165, 1.54) is 5.56 Å². The number of rotatable bonds is 4. The molecule has 4 heteroatoms. The van der Waals surface area contributed by atoms with Crippen molar-refractivity contribution in [3.05, 3.63) is 62.6 Å². The number of benzene rings is 2. The van der Waals surface area contributed by atoms with Crippen LogP contribution in [-0.2, 0) is 11.2 Å². The Balaban J connectivity index is 2.00. The zero-order chi connectivity index (χ0) is 16.3. The highest BCUT2D eigenvalue weighted by atomic mass is 35.5. The number of carbonyl (C=O) groups excluding carboxylic acids is 1. The molecule has 0 spiro atoms. The highest BCUT2D eigenvalue weighted by molar-refractivity contribution is 6.42. The first-order valence-corrected chi connectivity index (χ1v) is 7.94. The maximum Gasteiger partial charge on any atom is 0.224 e. The lowest BCUT2D eigenvalue weighted by Gasteiger charge is -2.13. The van der Waals surface area contributed by atoms with E-state index in [0.29, 0.717) is 22.9 Å². The molecular weight excluding hydrogens is 317 g/mol. The predicted molar refractivity (Wildman–Crippen MR) is 94.1 cm³/mol. The average Bonchev–Trinajstić information content (AvgIpc) is 2.44. The van der Waals surface area contributed by atoms with E-state index in [1.54, 1.807) is 12.1 Å². The molecule has 0 radical (unpaired) electrons. The second kappa shape index (κ2) is 7.17. The van der Waals surface area contributed by atoms with Crippen LogP contribution in [0.1, 0.15) is 28.7 Å². The van der Waals surface area contributed by atoms with Gasteiger partial charge in [0.05, 0.1) is 10.0 Å². The highest BCUT2D eigenvalue weighted by Crippen LogP contribution is 2.24. The molecule has 2 aromatic carbocycles. The number of halogens is 2. The number of aryl methyl sites for hydroxylation is 4. The molecule has 0 aliphatic heterocycles. The summed E-state index contributed by atoms with van der Waals surface area (Å²) in [6, 6.07) is 9.60. The number of carbonyl (C=O) groups is 1. The van der Waals surface area contributed by atoms with E-state index in [4.69, 9.17) is 23.2 Å². The minimum absolute atomic E-state index is 0.00104. The van der Waals surface area contributed by atoms with Crippen molar-refractivity contribution in [2.75, 3.05) is 5.32 Å². The predicted octanol–water partition coefficient (Wildman–Crippen LogP) is 5.49. The van der Waals surface area contributed by atoms with Gasteiger partial charge in [0.25, 0.3) is 0 Å². The molecule has 2 nitrogen and oxygen atoms in total. The molecule has 0 aliphatic rings. The van der Waals surface area contributed by atoms with E-state index in [1.807, 2.05) is 19.9 Å². The van der Waals surface area contributed by atoms with Crippen LogP contribution in [-0.4, -0.2) is 5.91 Å². The van der Waals surface area contributed by atoms with Crippen molar-refractivity contribution < 1.29 is 4.79 Å². The van der Waals surface area contributed by atoms with Gasteiger partial charge >= 0.3 is 0 Å². The first-order valence-electron chi connectivity index (χ1n) is 7.18. The molecular formula is C18H19Cl2NO. The van der Waals surface area contributed by atoms with E-state index in [-0.39, 0.29) is 5.91 Å². The maximum atomic E-state index is 12.2. The Hall–Kier alpha value is -1.51. The van der Waals surface area contributed by atoms with Gasteiger partial charge in [0.1, 0.15) is 0 Å². The fourth-order valence-corrected chi connectivity index (χ4v) is 2.85. The van der Waals surface area contributed by atoms with Gasteiger partial charge in [0.2, 0.25) is 5.91 Å². The lowest BCUT2D eigenvalue weighted by atomic mass is 10.0. The summed E-state index contributed by atoms with van der Waals surface area (Å²) in [5.41, 5.74) is 5.27. The minimum Gasteiger partial charge on any atom is -0.326 e. The quantitative estimate of drug-likeness (QED) is 0.786. The van der Waals surface area contributed by atoms with Gasteiger partial charge < -0.3 is 5.32 Å². The van der Waals surface area contributed by atoms with Crippen molar-refractivity contribution in [2.45, 2.75) is 33.6 Å². The molecule has 0 atom stereocenters. The van der Waals surface area contributed by atoms with Crippen LogP contribution in [0, 0.1) is 20.8 Å². The molecule has 116 valence electrons. The normalized spacial score (nSPS) is 10.6. The molecule has 0 heterocycles. The van der Waals surface area contributed by atoms with E-state index in [2.05, 4.69) is 24.4 Å². The van der Waals surface area contributed by atoms with Crippen LogP contribution in [0.15, 0.2) is 30.3 Å². The third kappa shape index (κ3) is 4.25. The monoisotopic (exact) mass is 335 g/mol. The molecule has 0 saturated heterocycles. The number of amides is 1. The van der Waals surface area contributed by atoms with E-state index >= 15 is 0 Å². The van der Waals surface area contributed by atoms with Gasteiger partial charge in [-0.15, -0.1) is 0 Å². The minimum atomic E-state index is 0.00104. The standard InChI is InChI=1S/C18H19Cl2NO/c1-11-8-12(2)18(13(3)9-11)21-17(22)7-5-14-4-6-15(19)16(20)10-14/h4,6,8-10H,5,7H2,1-3H3,(H,21,22). The van der Waals surface area contributed by atoms with Gasteiger partial charge in [-0.3, -0.25) is 4.79 Å². The van der Waals surface area contributed by atoms with Gasteiger partial charge in [-0.1, -0.05) is 47.0 Å². The molecule has 2 rings (SSSR count). The molecule has 0 fully saturated rings. The second-order valence-electron chi connectivity index (χ2n) is 5.57. The molecule has 1 amide bonds. The van der Waals surface area contributed by atoms with Gasteiger partial charge in [-0.25, -0.2) is 0 Å². The Morgan fingerprint density at radius 1 is 1.00 bits per heavy atom. The zero-order valence-corrected chi connectivity index (χ0v) is 14.5. The summed E-state index contributed by atoms with van der Waals surface area (Å²) in [5.74, 6) is 0.00104. The summed E-state index contributed by atoms with van der Waals surface area (Å²) in [7, 11) is 0. The molecule has 1 N–H and O–H groups in total. The summed E-state index contributed by atoms with van der Waals surface area (Å²) in [6.07, 6.45) is 1.04. The fraction of sp³-hybridized carbons (Fsp3) is 0.278. The number of hydrogen-bond acceptors (Lipinski definition) is 1. The summed E-state index contributed by atoms with van der Waals surface area (Å²) in [5, 5.41) is 4.05. The second-order valence-corrected chi connectivity index (χ2v) is 6.38. The Labute approximate surface area is 141 Å². The number of nitrogens with one attached hydrogen (secondary N) is 1. The number of hydrogen-bond donors (Lipinski definition) is 1. The van der Waals surface area contributed by atoms with Crippen molar-refractivity contribution in [1.82, 2.24) is 0 Å². The lowest BCUT2D eigenvalue weighted by molar-refractivity contribution is -0.116. The van der Waals surface area contributed by atoms with Crippen LogP contribution >= 0.6 is 23.2 Å². The molecule has 0 bridgehead atoms. The highest BCUT2D eigenvalue weighted by Gasteiger charge is 2.09. The summed E-state index contributed by atoms with van der Waals surface area (Å²) >= 11 is 11.9. The molecule has 0 saturated carbocycles. The molecule has 2 aromatic rings. The van der Waals surface area contributed by atoms with Crippen LogP contribution in [0.5, 0.6) is 0 Å². The van der Waals surface area contributed by atoms with Crippen LogP contribution in [0.2, 0.25) is 10.0 Å². The van der Waals surface area contributed by atoms with Crippen molar-refractivity contribution >= 4 is 34.8 Å². The van der Waals surface area contributed by atoms with Crippen LogP contribution in [0.4, 0.5) is 5.69 Å². The van der Waals surface area contributed by atoms with Gasteiger partial charge in [-0.05, 0) is 56.0 Å². The summed E-state index contributed by atoms with van der Waals surface area (Å²) < 4.78 is 0. The lowest BCUT2D eigenvalue weighted by Crippen LogP contribution is -2.14. The Kier molecular flexibility index (Phi) is 5.49. The van der Waals surface area contributed by atoms with Crippen LogP contribution < -0.4 is 5.32 Å². The van der Waals surface area contributed by atoms with Gasteiger partial charge in [0.15, 0.2) is 0 Å². The van der Waals surface area contributed by atoms with E-state index in [9.17, 15) is 4.79 Å². The Bertz CT molecular complexity index is 687. The fourth-order valence-electron chi connectivity index (χ4n) is 2.53. The van der Waals surface area contributed by atoms with E-state index < -0.39 is 0 Å². The zero-order valence-electron chi connectivity index (χ0n) is 13.0. The molecule has 0 aliphatic carbocycles. The third-order valence-corrected chi connectivity index (χ3v) is 4.31. The van der Waals surface area contributed by atoms with Gasteiger partial charge in [0, 0.05) is 12.1 Å². The molecule has 0 aromatic heterocycles. The molecule has 0 unspecified atom stereocenters. The van der Waals surface area contributed by atoms with Gasteiger partial charge in [-0.2, -0.15) is 0 Å². The van der Waals surface area contributed by atoms with Crippen molar-refractivity contribution in [1.29, 1.82) is 0 Å². The Morgan fingerprint density at radius 3 is 2.23 bits per heavy atom. The first-order chi connectivity index (χ1) is 10.4.